The average molecular weight is 257 g/mol. The number of aromatic nitrogens is 1. The van der Waals surface area contributed by atoms with Gasteiger partial charge in [0.15, 0.2) is 0 Å². The molecule has 0 atom stereocenters. The SMILES string of the molecule is CC1(Nc2c(C(N)=S)cnc3ccccc23)CC1. The smallest absolute Gasteiger partial charge is 0.107 e. The Kier molecular flexibility index (Phi) is 2.48. The number of anilines is 1. The molecule has 1 aromatic carbocycles. The Morgan fingerprint density at radius 2 is 2.11 bits per heavy atom. The van der Waals surface area contributed by atoms with E-state index in [4.69, 9.17) is 18.0 Å². The molecule has 0 spiro atoms. The first kappa shape index (κ1) is 11.4. The van der Waals surface area contributed by atoms with Crippen LogP contribution in [0.4, 0.5) is 5.69 Å². The summed E-state index contributed by atoms with van der Waals surface area (Å²) in [5, 5.41) is 4.66. The second-order valence-corrected chi connectivity index (χ2v) is 5.55. The molecule has 1 heterocycles. The summed E-state index contributed by atoms with van der Waals surface area (Å²) in [5.41, 5.74) is 8.79. The number of nitrogens with one attached hydrogen (secondary N) is 1. The maximum Gasteiger partial charge on any atom is 0.107 e. The fraction of sp³-hybridized carbons (Fsp3) is 0.286. The molecule has 1 fully saturated rings. The van der Waals surface area contributed by atoms with Crippen LogP contribution >= 0.6 is 12.2 Å². The Hall–Kier alpha value is -1.68. The van der Waals surface area contributed by atoms with Crippen LogP contribution in [0, 0.1) is 0 Å². The molecule has 1 aromatic heterocycles. The minimum Gasteiger partial charge on any atom is -0.389 e. The molecule has 0 aliphatic heterocycles. The van der Waals surface area contributed by atoms with Gasteiger partial charge in [0.1, 0.15) is 4.99 Å². The Bertz CT molecular complexity index is 632. The molecule has 3 N–H and O–H groups in total. The fourth-order valence-corrected chi connectivity index (χ4v) is 2.23. The predicted octanol–water partition coefficient (Wildman–Crippen LogP) is 2.83. The van der Waals surface area contributed by atoms with Crippen LogP contribution in [-0.2, 0) is 0 Å². The van der Waals surface area contributed by atoms with Gasteiger partial charge in [0.2, 0.25) is 0 Å². The van der Waals surface area contributed by atoms with Gasteiger partial charge in [0.05, 0.1) is 16.8 Å². The predicted molar refractivity (Wildman–Crippen MR) is 78.9 cm³/mol. The summed E-state index contributed by atoms with van der Waals surface area (Å²) < 4.78 is 0. The van der Waals surface area contributed by atoms with Crippen LogP contribution < -0.4 is 11.1 Å². The topological polar surface area (TPSA) is 50.9 Å². The standard InChI is InChI=1S/C14H15N3S/c1-14(6-7-14)17-12-9-4-2-3-5-11(9)16-8-10(12)13(15)18/h2-5,8H,6-7H2,1H3,(H2,15,18)(H,16,17). The molecule has 0 bridgehead atoms. The lowest BCUT2D eigenvalue weighted by Gasteiger charge is -2.18. The average Bonchev–Trinajstić information content (AvgIpc) is 3.07. The van der Waals surface area contributed by atoms with Crippen molar-refractivity contribution in [1.82, 2.24) is 4.98 Å². The number of nitrogens with two attached hydrogens (primary N) is 1. The first-order valence-electron chi connectivity index (χ1n) is 6.05. The number of nitrogens with zero attached hydrogens (tertiary/aromatic N) is 1. The van der Waals surface area contributed by atoms with Gasteiger partial charge in [-0.3, -0.25) is 4.98 Å². The molecular weight excluding hydrogens is 242 g/mol. The summed E-state index contributed by atoms with van der Waals surface area (Å²) in [7, 11) is 0. The Balaban J connectivity index is 2.21. The van der Waals surface area contributed by atoms with Crippen molar-refractivity contribution in [1.29, 1.82) is 0 Å². The van der Waals surface area contributed by atoms with Gasteiger partial charge < -0.3 is 11.1 Å². The largest absolute Gasteiger partial charge is 0.389 e. The number of fused-ring (bicyclic) bond motifs is 1. The van der Waals surface area contributed by atoms with Crippen LogP contribution in [0.15, 0.2) is 30.5 Å². The van der Waals surface area contributed by atoms with Crippen molar-refractivity contribution in [3.8, 4) is 0 Å². The number of hydrogen-bond donors (Lipinski definition) is 2. The summed E-state index contributed by atoms with van der Waals surface area (Å²) >= 11 is 5.12. The van der Waals surface area contributed by atoms with Gasteiger partial charge in [-0.25, -0.2) is 0 Å². The van der Waals surface area contributed by atoms with Crippen molar-refractivity contribution >= 4 is 33.8 Å². The van der Waals surface area contributed by atoms with E-state index in [1.54, 1.807) is 6.20 Å². The van der Waals surface area contributed by atoms with Crippen LogP contribution in [0.2, 0.25) is 0 Å². The summed E-state index contributed by atoms with van der Waals surface area (Å²) in [6.45, 7) is 2.21. The van der Waals surface area contributed by atoms with Gasteiger partial charge in [-0.2, -0.15) is 0 Å². The number of thiocarbonyl (C=S) groups is 1. The second-order valence-electron chi connectivity index (χ2n) is 5.11. The van der Waals surface area contributed by atoms with Crippen molar-refractivity contribution in [2.24, 2.45) is 5.73 Å². The summed E-state index contributed by atoms with van der Waals surface area (Å²) in [6.07, 6.45) is 4.12. The third-order valence-corrected chi connectivity index (χ3v) is 3.69. The molecule has 0 radical (unpaired) electrons. The van der Waals surface area contributed by atoms with E-state index in [0.29, 0.717) is 4.99 Å². The van der Waals surface area contributed by atoms with Gasteiger partial charge in [0, 0.05) is 17.1 Å². The molecule has 3 nitrogen and oxygen atoms in total. The van der Waals surface area contributed by atoms with E-state index in [9.17, 15) is 0 Å². The van der Waals surface area contributed by atoms with Gasteiger partial charge in [-0.05, 0) is 25.8 Å². The van der Waals surface area contributed by atoms with E-state index >= 15 is 0 Å². The molecule has 0 saturated heterocycles. The van der Waals surface area contributed by atoms with Crippen LogP contribution in [0.25, 0.3) is 10.9 Å². The van der Waals surface area contributed by atoms with Crippen molar-refractivity contribution in [3.63, 3.8) is 0 Å². The van der Waals surface area contributed by atoms with Gasteiger partial charge >= 0.3 is 0 Å². The molecule has 18 heavy (non-hydrogen) atoms. The van der Waals surface area contributed by atoms with Crippen molar-refractivity contribution in [2.45, 2.75) is 25.3 Å². The Morgan fingerprint density at radius 1 is 1.39 bits per heavy atom. The van der Waals surface area contributed by atoms with Crippen LogP contribution in [0.5, 0.6) is 0 Å². The molecule has 2 aromatic rings. The molecule has 92 valence electrons. The lowest BCUT2D eigenvalue weighted by Crippen LogP contribution is -2.21. The number of benzene rings is 1. The number of rotatable bonds is 3. The maximum atomic E-state index is 5.80. The second kappa shape index (κ2) is 3.92. The zero-order chi connectivity index (χ0) is 12.8. The van der Waals surface area contributed by atoms with E-state index in [1.165, 1.54) is 12.8 Å². The van der Waals surface area contributed by atoms with Crippen molar-refractivity contribution in [3.05, 3.63) is 36.0 Å². The van der Waals surface area contributed by atoms with E-state index < -0.39 is 0 Å². The van der Waals surface area contributed by atoms with Crippen molar-refractivity contribution in [2.75, 3.05) is 5.32 Å². The minimum atomic E-state index is 0.184. The molecule has 3 rings (SSSR count). The van der Waals surface area contributed by atoms with Gasteiger partial charge in [-0.1, -0.05) is 30.4 Å². The third-order valence-electron chi connectivity index (χ3n) is 3.47. The summed E-state index contributed by atoms with van der Waals surface area (Å²) in [6, 6.07) is 8.05. The highest BCUT2D eigenvalue weighted by Gasteiger charge is 2.38. The van der Waals surface area contributed by atoms with Crippen LogP contribution in [0.3, 0.4) is 0 Å². The lowest BCUT2D eigenvalue weighted by molar-refractivity contribution is 0.830. The molecular formula is C14H15N3S. The fourth-order valence-electron chi connectivity index (χ4n) is 2.08. The van der Waals surface area contributed by atoms with E-state index in [0.717, 1.165) is 22.2 Å². The van der Waals surface area contributed by atoms with E-state index in [2.05, 4.69) is 23.3 Å². The molecule has 1 saturated carbocycles. The van der Waals surface area contributed by atoms with Gasteiger partial charge in [-0.15, -0.1) is 0 Å². The Morgan fingerprint density at radius 3 is 2.78 bits per heavy atom. The monoisotopic (exact) mass is 257 g/mol. The zero-order valence-electron chi connectivity index (χ0n) is 10.2. The first-order valence-corrected chi connectivity index (χ1v) is 6.46. The summed E-state index contributed by atoms with van der Waals surface area (Å²) in [4.78, 5) is 4.79. The van der Waals surface area contributed by atoms with E-state index in [1.807, 2.05) is 18.2 Å². The summed E-state index contributed by atoms with van der Waals surface area (Å²) in [5.74, 6) is 0. The molecule has 0 unspecified atom stereocenters. The van der Waals surface area contributed by atoms with Crippen molar-refractivity contribution < 1.29 is 0 Å². The molecule has 1 aliphatic rings. The number of hydrogen-bond acceptors (Lipinski definition) is 3. The quantitative estimate of drug-likeness (QED) is 0.830. The lowest BCUT2D eigenvalue weighted by atomic mass is 10.1. The Labute approximate surface area is 111 Å². The zero-order valence-corrected chi connectivity index (χ0v) is 11.1. The number of para-hydroxylation sites is 1. The molecule has 0 amide bonds. The van der Waals surface area contributed by atoms with Crippen LogP contribution in [-0.4, -0.2) is 15.5 Å². The number of pyridine rings is 1. The van der Waals surface area contributed by atoms with Gasteiger partial charge in [0.25, 0.3) is 0 Å². The van der Waals surface area contributed by atoms with Crippen LogP contribution in [0.1, 0.15) is 25.3 Å². The van der Waals surface area contributed by atoms with E-state index in [-0.39, 0.29) is 5.54 Å². The highest BCUT2D eigenvalue weighted by Crippen LogP contribution is 2.40. The molecule has 4 heteroatoms. The minimum absolute atomic E-state index is 0.184. The molecule has 1 aliphatic carbocycles. The maximum absolute atomic E-state index is 5.80. The first-order chi connectivity index (χ1) is 8.59. The third kappa shape index (κ3) is 1.93. The normalized spacial score (nSPS) is 16.5. The highest BCUT2D eigenvalue weighted by atomic mass is 32.1. The highest BCUT2D eigenvalue weighted by molar-refractivity contribution is 7.80.